The Hall–Kier alpha value is -0.600. The Morgan fingerprint density at radius 2 is 2.00 bits per heavy atom. The van der Waals surface area contributed by atoms with E-state index in [9.17, 15) is 4.39 Å². The molecule has 1 aromatic carbocycles. The molecule has 0 aromatic heterocycles. The molecule has 0 spiro atoms. The summed E-state index contributed by atoms with van der Waals surface area (Å²) in [6, 6.07) is 10.0. The molecule has 1 aromatic rings. The first-order valence-electron chi connectivity index (χ1n) is 5.15. The van der Waals surface area contributed by atoms with Crippen molar-refractivity contribution in [2.24, 2.45) is 0 Å². The molecule has 15 heavy (non-hydrogen) atoms. The minimum absolute atomic E-state index is 0.266. The van der Waals surface area contributed by atoms with E-state index < -0.39 is 0 Å². The van der Waals surface area contributed by atoms with Crippen LogP contribution in [0.5, 0.6) is 0 Å². The van der Waals surface area contributed by atoms with Gasteiger partial charge < -0.3 is 5.32 Å². The molecule has 0 fully saturated rings. The van der Waals surface area contributed by atoms with E-state index in [0.29, 0.717) is 18.8 Å². The number of alkyl halides is 2. The standard InChI is InChI=1S/C12H17ClFN/c1-12(10-13,15-9-5-8-14)11-6-3-2-4-7-11/h2-4,6-7,15H,5,8-10H2,1H3. The average Bonchev–Trinajstić information content (AvgIpc) is 2.30. The normalized spacial score (nSPS) is 14.9. The fraction of sp³-hybridized carbons (Fsp3) is 0.500. The molecule has 0 radical (unpaired) electrons. The zero-order valence-electron chi connectivity index (χ0n) is 8.97. The fourth-order valence-corrected chi connectivity index (χ4v) is 1.71. The summed E-state index contributed by atoms with van der Waals surface area (Å²) in [5.74, 6) is 0.475. The summed E-state index contributed by atoms with van der Waals surface area (Å²) >= 11 is 5.97. The smallest absolute Gasteiger partial charge is 0.0906 e. The van der Waals surface area contributed by atoms with Crippen molar-refractivity contribution in [2.45, 2.75) is 18.9 Å². The average molecular weight is 230 g/mol. The second-order valence-corrected chi connectivity index (χ2v) is 4.07. The third-order valence-electron chi connectivity index (χ3n) is 2.50. The van der Waals surface area contributed by atoms with Crippen molar-refractivity contribution in [1.29, 1.82) is 0 Å². The SMILES string of the molecule is CC(CCl)(NCCCF)c1ccccc1. The molecule has 0 saturated heterocycles. The molecule has 0 bridgehead atoms. The molecule has 0 aliphatic carbocycles. The van der Waals surface area contributed by atoms with Gasteiger partial charge in [-0.25, -0.2) is 0 Å². The number of rotatable bonds is 6. The van der Waals surface area contributed by atoms with Gasteiger partial charge in [0.2, 0.25) is 0 Å². The Labute approximate surface area is 95.6 Å². The number of hydrogen-bond donors (Lipinski definition) is 1. The highest BCUT2D eigenvalue weighted by Gasteiger charge is 2.23. The number of nitrogens with one attached hydrogen (secondary N) is 1. The van der Waals surface area contributed by atoms with Crippen LogP contribution in [-0.2, 0) is 5.54 Å². The van der Waals surface area contributed by atoms with Gasteiger partial charge in [0.05, 0.1) is 12.2 Å². The van der Waals surface area contributed by atoms with Crippen LogP contribution in [-0.4, -0.2) is 19.1 Å². The van der Waals surface area contributed by atoms with Gasteiger partial charge in [-0.15, -0.1) is 11.6 Å². The Morgan fingerprint density at radius 1 is 1.33 bits per heavy atom. The van der Waals surface area contributed by atoms with E-state index >= 15 is 0 Å². The van der Waals surface area contributed by atoms with Gasteiger partial charge >= 0.3 is 0 Å². The van der Waals surface area contributed by atoms with Crippen LogP contribution in [0, 0.1) is 0 Å². The van der Waals surface area contributed by atoms with Gasteiger partial charge in [-0.1, -0.05) is 30.3 Å². The molecule has 0 saturated carbocycles. The van der Waals surface area contributed by atoms with Crippen molar-refractivity contribution in [3.63, 3.8) is 0 Å². The van der Waals surface area contributed by atoms with Gasteiger partial charge in [0.1, 0.15) is 0 Å². The topological polar surface area (TPSA) is 12.0 Å². The summed E-state index contributed by atoms with van der Waals surface area (Å²) in [7, 11) is 0. The summed E-state index contributed by atoms with van der Waals surface area (Å²) in [4.78, 5) is 0. The van der Waals surface area contributed by atoms with E-state index in [1.807, 2.05) is 37.3 Å². The van der Waals surface area contributed by atoms with Crippen LogP contribution in [0.25, 0.3) is 0 Å². The Bertz CT molecular complexity index is 278. The zero-order chi connectivity index (χ0) is 11.1. The number of benzene rings is 1. The lowest BCUT2D eigenvalue weighted by atomic mass is 9.94. The summed E-state index contributed by atoms with van der Waals surface area (Å²) in [6.07, 6.45) is 0.527. The van der Waals surface area contributed by atoms with Crippen molar-refractivity contribution in [3.05, 3.63) is 35.9 Å². The zero-order valence-corrected chi connectivity index (χ0v) is 9.73. The van der Waals surface area contributed by atoms with Crippen LogP contribution in [0.3, 0.4) is 0 Å². The molecule has 0 heterocycles. The molecule has 1 atom stereocenters. The van der Waals surface area contributed by atoms with Gasteiger partial charge in [0.25, 0.3) is 0 Å². The van der Waals surface area contributed by atoms with Crippen LogP contribution in [0.1, 0.15) is 18.9 Å². The molecule has 0 amide bonds. The van der Waals surface area contributed by atoms with Crippen molar-refractivity contribution in [2.75, 3.05) is 19.1 Å². The Kier molecular flexibility index (Phi) is 5.06. The summed E-state index contributed by atoms with van der Waals surface area (Å²) in [5.41, 5.74) is 0.872. The van der Waals surface area contributed by atoms with E-state index in [-0.39, 0.29) is 12.2 Å². The van der Waals surface area contributed by atoms with Gasteiger partial charge in [-0.2, -0.15) is 0 Å². The van der Waals surface area contributed by atoms with Gasteiger partial charge in [-0.05, 0) is 25.5 Å². The molecule has 0 aliphatic rings. The lowest BCUT2D eigenvalue weighted by molar-refractivity contribution is 0.380. The van der Waals surface area contributed by atoms with Crippen molar-refractivity contribution in [1.82, 2.24) is 5.32 Å². The quantitative estimate of drug-likeness (QED) is 0.584. The first kappa shape index (κ1) is 12.5. The Morgan fingerprint density at radius 3 is 2.53 bits per heavy atom. The minimum Gasteiger partial charge on any atom is -0.307 e. The van der Waals surface area contributed by atoms with Gasteiger partial charge in [0, 0.05) is 5.88 Å². The number of halogens is 2. The molecular formula is C12H17ClFN. The maximum Gasteiger partial charge on any atom is 0.0906 e. The van der Waals surface area contributed by atoms with Crippen molar-refractivity contribution < 1.29 is 4.39 Å². The van der Waals surface area contributed by atoms with Crippen LogP contribution in [0.15, 0.2) is 30.3 Å². The maximum atomic E-state index is 12.0. The first-order chi connectivity index (χ1) is 7.23. The highest BCUT2D eigenvalue weighted by molar-refractivity contribution is 6.18. The lowest BCUT2D eigenvalue weighted by Gasteiger charge is -2.29. The van der Waals surface area contributed by atoms with E-state index in [1.54, 1.807) is 0 Å². The molecular weight excluding hydrogens is 213 g/mol. The second-order valence-electron chi connectivity index (χ2n) is 3.80. The second kappa shape index (κ2) is 6.09. The van der Waals surface area contributed by atoms with E-state index in [4.69, 9.17) is 11.6 Å². The van der Waals surface area contributed by atoms with E-state index in [1.165, 1.54) is 0 Å². The van der Waals surface area contributed by atoms with Gasteiger partial charge in [-0.3, -0.25) is 4.39 Å². The van der Waals surface area contributed by atoms with Crippen LogP contribution >= 0.6 is 11.6 Å². The lowest BCUT2D eigenvalue weighted by Crippen LogP contribution is -2.41. The third kappa shape index (κ3) is 3.47. The van der Waals surface area contributed by atoms with Crippen molar-refractivity contribution in [3.8, 4) is 0 Å². The van der Waals surface area contributed by atoms with Crippen LogP contribution < -0.4 is 5.32 Å². The van der Waals surface area contributed by atoms with E-state index in [2.05, 4.69) is 5.32 Å². The molecule has 0 aliphatic heterocycles. The van der Waals surface area contributed by atoms with Crippen molar-refractivity contribution >= 4 is 11.6 Å². The number of hydrogen-bond acceptors (Lipinski definition) is 1. The molecule has 3 heteroatoms. The fourth-order valence-electron chi connectivity index (χ4n) is 1.46. The summed E-state index contributed by atoms with van der Waals surface area (Å²) < 4.78 is 12.0. The predicted octanol–water partition coefficient (Wildman–Crippen LogP) is 3.09. The first-order valence-corrected chi connectivity index (χ1v) is 5.69. The maximum absolute atomic E-state index is 12.0. The molecule has 1 unspecified atom stereocenters. The Balaban J connectivity index is 2.67. The monoisotopic (exact) mass is 229 g/mol. The minimum atomic E-state index is -0.292. The van der Waals surface area contributed by atoms with Gasteiger partial charge in [0.15, 0.2) is 0 Å². The van der Waals surface area contributed by atoms with E-state index in [0.717, 1.165) is 5.56 Å². The third-order valence-corrected chi connectivity index (χ3v) is 3.04. The molecule has 84 valence electrons. The van der Waals surface area contributed by atoms with Crippen LogP contribution in [0.2, 0.25) is 0 Å². The molecule has 1 rings (SSSR count). The van der Waals surface area contributed by atoms with Crippen LogP contribution in [0.4, 0.5) is 4.39 Å². The highest BCUT2D eigenvalue weighted by atomic mass is 35.5. The summed E-state index contributed by atoms with van der Waals surface area (Å²) in [6.45, 7) is 2.39. The molecule has 1 nitrogen and oxygen atoms in total. The highest BCUT2D eigenvalue weighted by Crippen LogP contribution is 2.21. The predicted molar refractivity (Wildman–Crippen MR) is 63.1 cm³/mol. The molecule has 1 N–H and O–H groups in total. The largest absolute Gasteiger partial charge is 0.307 e. The summed E-state index contributed by atoms with van der Waals surface area (Å²) in [5, 5.41) is 3.29.